The van der Waals surface area contributed by atoms with Crippen LogP contribution in [0.15, 0.2) is 158 Å². The van der Waals surface area contributed by atoms with E-state index in [1.807, 2.05) is 0 Å². The Balaban J connectivity index is 0.999. The van der Waals surface area contributed by atoms with Crippen molar-refractivity contribution in [1.29, 1.82) is 0 Å². The second kappa shape index (κ2) is 10.7. The molecule has 0 atom stereocenters. The third-order valence-electron chi connectivity index (χ3n) is 8.41. The average molecular weight is 551 g/mol. The molecule has 2 nitrogen and oxygen atoms in total. The molecule has 0 unspecified atom stereocenters. The summed E-state index contributed by atoms with van der Waals surface area (Å²) in [7, 11) is 0. The van der Waals surface area contributed by atoms with Crippen LogP contribution >= 0.6 is 0 Å². The highest BCUT2D eigenvalue weighted by Gasteiger charge is 2.08. The number of anilines is 4. The van der Waals surface area contributed by atoms with Crippen molar-refractivity contribution in [3.8, 4) is 0 Å². The molecule has 8 aromatic rings. The van der Waals surface area contributed by atoms with Crippen LogP contribution in [0.2, 0.25) is 0 Å². The first-order valence-corrected chi connectivity index (χ1v) is 14.8. The summed E-state index contributed by atoms with van der Waals surface area (Å²) in [5.74, 6) is 0. The van der Waals surface area contributed by atoms with E-state index in [9.17, 15) is 0 Å². The van der Waals surface area contributed by atoms with Crippen molar-refractivity contribution in [2.24, 2.45) is 0 Å². The predicted octanol–water partition coefficient (Wildman–Crippen LogP) is 11.4. The largest absolute Gasteiger partial charge is 0.355 e. The fourth-order valence-electron chi connectivity index (χ4n) is 6.27. The lowest BCUT2D eigenvalue weighted by Crippen LogP contribution is -1.95. The summed E-state index contributed by atoms with van der Waals surface area (Å²) in [6, 6.07) is 56.5. The van der Waals surface area contributed by atoms with Gasteiger partial charge in [-0.05, 0) is 86.3 Å². The highest BCUT2D eigenvalue weighted by atomic mass is 14.9. The van der Waals surface area contributed by atoms with Gasteiger partial charge in [0.25, 0.3) is 0 Å². The van der Waals surface area contributed by atoms with Gasteiger partial charge in [0.2, 0.25) is 0 Å². The van der Waals surface area contributed by atoms with Gasteiger partial charge in [0.15, 0.2) is 0 Å². The van der Waals surface area contributed by atoms with Crippen LogP contribution in [-0.4, -0.2) is 0 Å². The first-order chi connectivity index (χ1) is 21.3. The van der Waals surface area contributed by atoms with Crippen molar-refractivity contribution in [3.05, 3.63) is 169 Å². The number of hydrogen-bond donors (Lipinski definition) is 2. The molecule has 2 N–H and O–H groups in total. The Kier molecular flexibility index (Phi) is 6.23. The van der Waals surface area contributed by atoms with Crippen LogP contribution < -0.4 is 10.6 Å². The van der Waals surface area contributed by atoms with E-state index in [1.165, 1.54) is 54.2 Å². The van der Waals surface area contributed by atoms with Gasteiger partial charge in [-0.25, -0.2) is 0 Å². The lowest BCUT2D eigenvalue weighted by atomic mass is 10.00. The molecule has 0 heterocycles. The number of nitrogens with one attached hydrogen (secondary N) is 2. The number of fused-ring (bicyclic) bond motifs is 6. The fourth-order valence-corrected chi connectivity index (χ4v) is 6.27. The average Bonchev–Trinajstić information content (AvgIpc) is 3.07. The van der Waals surface area contributed by atoms with Crippen LogP contribution in [-0.2, 0) is 6.42 Å². The summed E-state index contributed by atoms with van der Waals surface area (Å²) < 4.78 is 0. The minimum absolute atomic E-state index is 0.887. The summed E-state index contributed by atoms with van der Waals surface area (Å²) in [6.45, 7) is 0. The molecule has 0 amide bonds. The number of benzene rings is 8. The molecule has 204 valence electrons. The summed E-state index contributed by atoms with van der Waals surface area (Å²) in [5.41, 5.74) is 7.01. The maximum Gasteiger partial charge on any atom is 0.0470 e. The zero-order chi connectivity index (χ0) is 28.6. The second-order valence-electron chi connectivity index (χ2n) is 11.2. The van der Waals surface area contributed by atoms with Gasteiger partial charge in [-0.2, -0.15) is 0 Å². The lowest BCUT2D eigenvalue weighted by molar-refractivity contribution is 1.19. The Morgan fingerprint density at radius 3 is 1.09 bits per heavy atom. The molecule has 8 rings (SSSR count). The highest BCUT2D eigenvalue weighted by molar-refractivity contribution is 6.14. The Hall–Kier alpha value is -5.60. The number of hydrogen-bond acceptors (Lipinski definition) is 2. The zero-order valence-corrected chi connectivity index (χ0v) is 23.7. The molecule has 0 fully saturated rings. The molecule has 0 radical (unpaired) electrons. The van der Waals surface area contributed by atoms with Crippen molar-refractivity contribution in [2.45, 2.75) is 6.42 Å². The molecular weight excluding hydrogens is 520 g/mol. The van der Waals surface area contributed by atoms with E-state index in [4.69, 9.17) is 0 Å². The van der Waals surface area contributed by atoms with Gasteiger partial charge in [-0.15, -0.1) is 0 Å². The molecule has 2 heteroatoms. The Morgan fingerprint density at radius 1 is 0.326 bits per heavy atom. The minimum atomic E-state index is 0.887. The van der Waals surface area contributed by atoms with E-state index in [0.29, 0.717) is 0 Å². The maximum atomic E-state index is 3.68. The van der Waals surface area contributed by atoms with E-state index in [0.717, 1.165) is 29.2 Å². The van der Waals surface area contributed by atoms with E-state index >= 15 is 0 Å². The Labute approximate surface area is 251 Å². The smallest absolute Gasteiger partial charge is 0.0470 e. The summed E-state index contributed by atoms with van der Waals surface area (Å²) in [5, 5.41) is 17.4. The molecule has 8 aromatic carbocycles. The molecule has 0 aromatic heterocycles. The standard InChI is InChI=1S/C41H30N2/c1-3-11-34-30(9-1)26-40(38-15-7-5-13-36(34)38)42-32-21-17-28(18-22-32)25-29-19-23-33(24-20-29)43-41-27-31-10-2-4-12-35(31)37-14-6-8-16-39(37)41/h1-24,26-27,42-43H,25H2. The van der Waals surface area contributed by atoms with Crippen molar-refractivity contribution in [3.63, 3.8) is 0 Å². The first-order valence-electron chi connectivity index (χ1n) is 14.8. The van der Waals surface area contributed by atoms with Gasteiger partial charge in [-0.3, -0.25) is 0 Å². The molecule has 0 spiro atoms. The second-order valence-corrected chi connectivity index (χ2v) is 11.2. The molecule has 0 saturated heterocycles. The molecule has 0 aliphatic rings. The monoisotopic (exact) mass is 550 g/mol. The van der Waals surface area contributed by atoms with E-state index in [2.05, 4.69) is 168 Å². The van der Waals surface area contributed by atoms with Crippen LogP contribution in [0.4, 0.5) is 22.7 Å². The third kappa shape index (κ3) is 4.83. The summed E-state index contributed by atoms with van der Waals surface area (Å²) in [6.07, 6.45) is 0.887. The number of rotatable bonds is 6. The van der Waals surface area contributed by atoms with Gasteiger partial charge >= 0.3 is 0 Å². The quantitative estimate of drug-likeness (QED) is 0.201. The predicted molar refractivity (Wildman–Crippen MR) is 185 cm³/mol. The van der Waals surface area contributed by atoms with E-state index < -0.39 is 0 Å². The van der Waals surface area contributed by atoms with Gasteiger partial charge in [0.1, 0.15) is 0 Å². The van der Waals surface area contributed by atoms with Gasteiger partial charge in [0.05, 0.1) is 0 Å². The van der Waals surface area contributed by atoms with Crippen molar-refractivity contribution < 1.29 is 0 Å². The highest BCUT2D eigenvalue weighted by Crippen LogP contribution is 2.35. The van der Waals surface area contributed by atoms with Crippen LogP contribution in [0.5, 0.6) is 0 Å². The lowest BCUT2D eigenvalue weighted by Gasteiger charge is -2.14. The molecular formula is C41H30N2. The SMILES string of the molecule is c1ccc2c(c1)cc(Nc1ccc(Cc3ccc(Nc4cc5ccccc5c5ccccc45)cc3)cc1)c1ccccc12. The zero-order valence-electron chi connectivity index (χ0n) is 23.7. The van der Waals surface area contributed by atoms with Crippen molar-refractivity contribution in [2.75, 3.05) is 10.6 Å². The van der Waals surface area contributed by atoms with Crippen LogP contribution in [0.3, 0.4) is 0 Å². The molecule has 0 bridgehead atoms. The van der Waals surface area contributed by atoms with Crippen LogP contribution in [0.25, 0.3) is 43.1 Å². The molecule has 0 saturated carbocycles. The Bertz CT molecular complexity index is 2080. The van der Waals surface area contributed by atoms with E-state index in [1.54, 1.807) is 0 Å². The first kappa shape index (κ1) is 25.1. The van der Waals surface area contributed by atoms with Crippen molar-refractivity contribution in [1.82, 2.24) is 0 Å². The van der Waals surface area contributed by atoms with Gasteiger partial charge in [0, 0.05) is 33.5 Å². The van der Waals surface area contributed by atoms with Crippen LogP contribution in [0, 0.1) is 0 Å². The minimum Gasteiger partial charge on any atom is -0.355 e. The fraction of sp³-hybridized carbons (Fsp3) is 0.0244. The topological polar surface area (TPSA) is 24.1 Å². The van der Waals surface area contributed by atoms with Crippen molar-refractivity contribution >= 4 is 65.8 Å². The third-order valence-corrected chi connectivity index (χ3v) is 8.41. The molecule has 0 aliphatic carbocycles. The maximum absolute atomic E-state index is 3.68. The van der Waals surface area contributed by atoms with Crippen LogP contribution in [0.1, 0.15) is 11.1 Å². The summed E-state index contributed by atoms with van der Waals surface area (Å²) in [4.78, 5) is 0. The normalized spacial score (nSPS) is 11.3. The van der Waals surface area contributed by atoms with Gasteiger partial charge in [-0.1, -0.05) is 121 Å². The Morgan fingerprint density at radius 2 is 0.674 bits per heavy atom. The molecule has 43 heavy (non-hydrogen) atoms. The summed E-state index contributed by atoms with van der Waals surface area (Å²) >= 11 is 0. The van der Waals surface area contributed by atoms with E-state index in [-0.39, 0.29) is 0 Å². The molecule has 0 aliphatic heterocycles. The van der Waals surface area contributed by atoms with Gasteiger partial charge < -0.3 is 10.6 Å².